The summed E-state index contributed by atoms with van der Waals surface area (Å²) in [5.41, 5.74) is 1.59. The van der Waals surface area contributed by atoms with Crippen LogP contribution in [0.1, 0.15) is 5.56 Å². The molecule has 0 amide bonds. The van der Waals surface area contributed by atoms with Crippen LogP contribution in [0.25, 0.3) is 11.0 Å². The van der Waals surface area contributed by atoms with Gasteiger partial charge in [0, 0.05) is 21.4 Å². The smallest absolute Gasteiger partial charge is 0.193 e. The SMILES string of the molecule is O=c1ccoc2c(CBr)ccc(Br)c12. The first-order chi connectivity index (χ1) is 6.74. The van der Waals surface area contributed by atoms with Crippen LogP contribution in [0.15, 0.2) is 38.1 Å². The van der Waals surface area contributed by atoms with Crippen molar-refractivity contribution >= 4 is 42.8 Å². The van der Waals surface area contributed by atoms with Crippen molar-refractivity contribution in [3.63, 3.8) is 0 Å². The predicted molar refractivity (Wildman–Crippen MR) is 62.8 cm³/mol. The topological polar surface area (TPSA) is 30.2 Å². The third-order valence-electron chi connectivity index (χ3n) is 1.98. The molecular formula is C10H6Br2O2. The first-order valence-electron chi connectivity index (χ1n) is 3.99. The second-order valence-electron chi connectivity index (χ2n) is 2.83. The van der Waals surface area contributed by atoms with Gasteiger partial charge in [0.1, 0.15) is 5.58 Å². The lowest BCUT2D eigenvalue weighted by Gasteiger charge is -2.02. The summed E-state index contributed by atoms with van der Waals surface area (Å²) in [7, 11) is 0. The third-order valence-corrected chi connectivity index (χ3v) is 3.25. The molecule has 2 nitrogen and oxygen atoms in total. The Hall–Kier alpha value is -0.610. The van der Waals surface area contributed by atoms with Crippen molar-refractivity contribution in [3.8, 4) is 0 Å². The number of rotatable bonds is 1. The summed E-state index contributed by atoms with van der Waals surface area (Å²) in [6, 6.07) is 5.20. The Bertz CT molecular complexity index is 531. The quantitative estimate of drug-likeness (QED) is 0.754. The molecule has 72 valence electrons. The van der Waals surface area contributed by atoms with E-state index in [1.807, 2.05) is 12.1 Å². The molecule has 0 saturated heterocycles. The maximum Gasteiger partial charge on any atom is 0.193 e. The number of halogens is 2. The molecule has 0 radical (unpaired) electrons. The zero-order valence-electron chi connectivity index (χ0n) is 7.09. The molecule has 0 bridgehead atoms. The summed E-state index contributed by atoms with van der Waals surface area (Å²) in [4.78, 5) is 11.6. The lowest BCUT2D eigenvalue weighted by molar-refractivity contribution is 0.599. The molecule has 0 aliphatic heterocycles. The molecule has 2 rings (SSSR count). The molecule has 2 aromatic rings. The van der Waals surface area contributed by atoms with Gasteiger partial charge in [-0.25, -0.2) is 0 Å². The highest BCUT2D eigenvalue weighted by molar-refractivity contribution is 9.10. The van der Waals surface area contributed by atoms with E-state index in [0.717, 1.165) is 10.0 Å². The molecule has 1 heterocycles. The Morgan fingerprint density at radius 3 is 2.79 bits per heavy atom. The summed E-state index contributed by atoms with van der Waals surface area (Å²) in [5.74, 6) is 0. The molecule has 0 saturated carbocycles. The number of benzene rings is 1. The van der Waals surface area contributed by atoms with Crippen molar-refractivity contribution < 1.29 is 4.42 Å². The van der Waals surface area contributed by atoms with E-state index in [2.05, 4.69) is 31.9 Å². The van der Waals surface area contributed by atoms with Gasteiger partial charge in [0.05, 0.1) is 11.6 Å². The van der Waals surface area contributed by atoms with Crippen molar-refractivity contribution in [2.45, 2.75) is 5.33 Å². The lowest BCUT2D eigenvalue weighted by atomic mass is 10.1. The van der Waals surface area contributed by atoms with Gasteiger partial charge in [-0.15, -0.1) is 0 Å². The van der Waals surface area contributed by atoms with Gasteiger partial charge in [-0.3, -0.25) is 4.79 Å². The minimum Gasteiger partial charge on any atom is -0.464 e. The molecule has 1 aromatic heterocycles. The van der Waals surface area contributed by atoms with E-state index < -0.39 is 0 Å². The average molecular weight is 318 g/mol. The van der Waals surface area contributed by atoms with Crippen molar-refractivity contribution in [2.75, 3.05) is 0 Å². The van der Waals surface area contributed by atoms with Gasteiger partial charge in [0.15, 0.2) is 5.43 Å². The summed E-state index contributed by atoms with van der Waals surface area (Å²) >= 11 is 6.69. The van der Waals surface area contributed by atoms with Crippen LogP contribution in [0.4, 0.5) is 0 Å². The van der Waals surface area contributed by atoms with Gasteiger partial charge < -0.3 is 4.42 Å². The molecule has 4 heteroatoms. The summed E-state index contributed by atoms with van der Waals surface area (Å²) in [6.07, 6.45) is 1.42. The van der Waals surface area contributed by atoms with Crippen LogP contribution in [0.3, 0.4) is 0 Å². The zero-order chi connectivity index (χ0) is 10.1. The normalized spacial score (nSPS) is 10.7. The number of fused-ring (bicyclic) bond motifs is 1. The standard InChI is InChI=1S/C10H6Br2O2/c11-5-6-1-2-7(12)9-8(13)3-4-14-10(6)9/h1-4H,5H2. The van der Waals surface area contributed by atoms with Gasteiger partial charge >= 0.3 is 0 Å². The van der Waals surface area contributed by atoms with Crippen LogP contribution < -0.4 is 5.43 Å². The molecule has 0 spiro atoms. The predicted octanol–water partition coefficient (Wildman–Crippen LogP) is 3.45. The Balaban J connectivity index is 2.99. The molecule has 1 aromatic carbocycles. The Morgan fingerprint density at radius 1 is 1.29 bits per heavy atom. The van der Waals surface area contributed by atoms with E-state index in [4.69, 9.17) is 4.42 Å². The average Bonchev–Trinajstić information content (AvgIpc) is 2.18. The molecule has 14 heavy (non-hydrogen) atoms. The first kappa shape index (κ1) is 9.93. The maximum atomic E-state index is 11.6. The van der Waals surface area contributed by atoms with E-state index in [1.165, 1.54) is 12.3 Å². The van der Waals surface area contributed by atoms with E-state index in [9.17, 15) is 4.79 Å². The minimum absolute atomic E-state index is 0.0269. The van der Waals surface area contributed by atoms with Crippen LogP contribution in [-0.2, 0) is 5.33 Å². The highest BCUT2D eigenvalue weighted by atomic mass is 79.9. The second kappa shape index (κ2) is 3.87. The molecular weight excluding hydrogens is 312 g/mol. The van der Waals surface area contributed by atoms with Crippen LogP contribution >= 0.6 is 31.9 Å². The van der Waals surface area contributed by atoms with E-state index in [-0.39, 0.29) is 5.43 Å². The third kappa shape index (κ3) is 1.53. The van der Waals surface area contributed by atoms with Crippen molar-refractivity contribution in [1.82, 2.24) is 0 Å². The molecule has 0 aliphatic carbocycles. The Kier molecular flexibility index (Phi) is 2.74. The molecule has 0 atom stereocenters. The summed E-state index contributed by atoms with van der Waals surface area (Å²) < 4.78 is 6.11. The zero-order valence-corrected chi connectivity index (χ0v) is 10.3. The van der Waals surface area contributed by atoms with Gasteiger partial charge in [0.25, 0.3) is 0 Å². The van der Waals surface area contributed by atoms with Crippen LogP contribution in [-0.4, -0.2) is 0 Å². The largest absolute Gasteiger partial charge is 0.464 e. The van der Waals surface area contributed by atoms with Crippen molar-refractivity contribution in [2.24, 2.45) is 0 Å². The monoisotopic (exact) mass is 316 g/mol. The van der Waals surface area contributed by atoms with E-state index in [1.54, 1.807) is 0 Å². The highest BCUT2D eigenvalue weighted by Crippen LogP contribution is 2.25. The fourth-order valence-corrected chi connectivity index (χ4v) is 2.27. The highest BCUT2D eigenvalue weighted by Gasteiger charge is 2.08. The van der Waals surface area contributed by atoms with E-state index >= 15 is 0 Å². The van der Waals surface area contributed by atoms with Gasteiger partial charge in [-0.1, -0.05) is 22.0 Å². The number of alkyl halides is 1. The maximum absolute atomic E-state index is 11.6. The van der Waals surface area contributed by atoms with Crippen molar-refractivity contribution in [3.05, 3.63) is 44.7 Å². The Morgan fingerprint density at radius 2 is 2.07 bits per heavy atom. The number of hydrogen-bond donors (Lipinski definition) is 0. The van der Waals surface area contributed by atoms with Gasteiger partial charge in [-0.2, -0.15) is 0 Å². The fraction of sp³-hybridized carbons (Fsp3) is 0.100. The summed E-state index contributed by atoms with van der Waals surface area (Å²) in [5, 5.41) is 1.27. The second-order valence-corrected chi connectivity index (χ2v) is 4.24. The molecule has 0 unspecified atom stereocenters. The van der Waals surface area contributed by atoms with Crippen LogP contribution in [0.2, 0.25) is 0 Å². The van der Waals surface area contributed by atoms with Gasteiger partial charge in [-0.05, 0) is 22.0 Å². The first-order valence-corrected chi connectivity index (χ1v) is 5.90. The fourth-order valence-electron chi connectivity index (χ4n) is 1.32. The molecule has 0 aliphatic rings. The Labute approximate surface area is 97.2 Å². The van der Waals surface area contributed by atoms with Gasteiger partial charge in [0.2, 0.25) is 0 Å². The minimum atomic E-state index is -0.0269. The van der Waals surface area contributed by atoms with Crippen molar-refractivity contribution in [1.29, 1.82) is 0 Å². The molecule has 0 N–H and O–H groups in total. The molecule has 0 fully saturated rings. The number of hydrogen-bond acceptors (Lipinski definition) is 2. The van der Waals surface area contributed by atoms with E-state index in [0.29, 0.717) is 16.3 Å². The van der Waals surface area contributed by atoms with Crippen LogP contribution in [0.5, 0.6) is 0 Å². The van der Waals surface area contributed by atoms with Crippen LogP contribution in [0, 0.1) is 0 Å². The lowest BCUT2D eigenvalue weighted by Crippen LogP contribution is -2.00. The summed E-state index contributed by atoms with van der Waals surface area (Å²) in [6.45, 7) is 0.